The number of anilines is 1. The largest absolute Gasteiger partial charge is 0.298 e. The number of aromatic nitrogens is 1. The quantitative estimate of drug-likeness (QED) is 0.453. The van der Waals surface area contributed by atoms with Gasteiger partial charge in [-0.3, -0.25) is 10.1 Å². The van der Waals surface area contributed by atoms with Crippen molar-refractivity contribution in [3.05, 3.63) is 64.0 Å². The second kappa shape index (κ2) is 7.51. The smallest absolute Gasteiger partial charge is 0.259 e. The number of benzene rings is 2. The molecule has 0 spiro atoms. The third kappa shape index (κ3) is 4.00. The maximum Gasteiger partial charge on any atom is 0.259 e. The van der Waals surface area contributed by atoms with Crippen LogP contribution in [0.25, 0.3) is 11.3 Å². The van der Waals surface area contributed by atoms with Crippen LogP contribution in [0.1, 0.15) is 10.4 Å². The molecule has 3 rings (SSSR count). The number of thiazole rings is 1. The fourth-order valence-electron chi connectivity index (χ4n) is 2.09. The van der Waals surface area contributed by atoms with Crippen molar-refractivity contribution in [2.24, 2.45) is 0 Å². The van der Waals surface area contributed by atoms with Crippen molar-refractivity contribution in [3.63, 3.8) is 0 Å². The lowest BCUT2D eigenvalue weighted by atomic mass is 10.2. The predicted molar refractivity (Wildman–Crippen MR) is 98.7 cm³/mol. The van der Waals surface area contributed by atoms with Crippen LogP contribution in [0.15, 0.2) is 46.7 Å². The maximum atomic E-state index is 13.3. The summed E-state index contributed by atoms with van der Waals surface area (Å²) in [5.74, 6) is -2.89. The van der Waals surface area contributed by atoms with Crippen molar-refractivity contribution < 1.29 is 13.6 Å². The Morgan fingerprint density at radius 1 is 1.20 bits per heavy atom. The number of hydrogen-bond acceptors (Lipinski definition) is 4. The summed E-state index contributed by atoms with van der Waals surface area (Å²) >= 11 is 8.68. The lowest BCUT2D eigenvalue weighted by Crippen LogP contribution is -2.13. The van der Waals surface area contributed by atoms with E-state index in [-0.39, 0.29) is 10.6 Å². The van der Waals surface area contributed by atoms with Crippen molar-refractivity contribution in [1.82, 2.24) is 4.98 Å². The summed E-state index contributed by atoms with van der Waals surface area (Å²) in [6.07, 6.45) is 1.99. The van der Waals surface area contributed by atoms with E-state index in [2.05, 4.69) is 10.3 Å². The average molecular weight is 397 g/mol. The minimum absolute atomic E-state index is 0.151. The van der Waals surface area contributed by atoms with Crippen molar-refractivity contribution in [3.8, 4) is 11.3 Å². The van der Waals surface area contributed by atoms with Crippen LogP contribution in [0.3, 0.4) is 0 Å². The van der Waals surface area contributed by atoms with Gasteiger partial charge >= 0.3 is 0 Å². The summed E-state index contributed by atoms with van der Waals surface area (Å²) in [6.45, 7) is 0. The van der Waals surface area contributed by atoms with Crippen LogP contribution >= 0.6 is 34.7 Å². The molecule has 1 N–H and O–H groups in total. The molecule has 128 valence electrons. The van der Waals surface area contributed by atoms with E-state index >= 15 is 0 Å². The Labute approximate surface area is 156 Å². The third-order valence-electron chi connectivity index (χ3n) is 3.37. The molecule has 0 saturated carbocycles. The van der Waals surface area contributed by atoms with E-state index < -0.39 is 17.5 Å². The summed E-state index contributed by atoms with van der Waals surface area (Å²) in [5.41, 5.74) is 1.48. The monoisotopic (exact) mass is 396 g/mol. The van der Waals surface area contributed by atoms with Gasteiger partial charge in [-0.05, 0) is 30.5 Å². The van der Waals surface area contributed by atoms with E-state index in [1.165, 1.54) is 11.3 Å². The Bertz CT molecular complexity index is 929. The molecule has 1 amide bonds. The predicted octanol–water partition coefficient (Wildman–Crippen LogP) is 5.72. The van der Waals surface area contributed by atoms with Gasteiger partial charge in [0.1, 0.15) is 0 Å². The number of carbonyl (C=O) groups is 1. The summed E-state index contributed by atoms with van der Waals surface area (Å²) in [6, 6.07) is 9.39. The molecule has 0 bridgehead atoms. The molecular formula is C17H11ClF2N2OS2. The molecule has 0 aliphatic heterocycles. The first-order chi connectivity index (χ1) is 12.0. The summed E-state index contributed by atoms with van der Waals surface area (Å²) in [5, 5.41) is 4.53. The molecule has 1 heterocycles. The molecule has 3 nitrogen and oxygen atoms in total. The minimum atomic E-state index is -1.14. The third-order valence-corrected chi connectivity index (χ3v) is 5.18. The Morgan fingerprint density at radius 3 is 2.56 bits per heavy atom. The average Bonchev–Trinajstić information content (AvgIpc) is 3.06. The van der Waals surface area contributed by atoms with Crippen LogP contribution in [-0.2, 0) is 0 Å². The first-order valence-electron chi connectivity index (χ1n) is 7.04. The second-order valence-electron chi connectivity index (χ2n) is 4.97. The molecule has 1 aromatic heterocycles. The molecule has 0 atom stereocenters. The molecule has 0 radical (unpaired) electrons. The van der Waals surface area contributed by atoms with Crippen LogP contribution in [-0.4, -0.2) is 17.1 Å². The van der Waals surface area contributed by atoms with E-state index in [0.717, 1.165) is 22.6 Å². The van der Waals surface area contributed by atoms with Crippen molar-refractivity contribution >= 4 is 45.7 Å². The number of amides is 1. The molecule has 0 aliphatic carbocycles. The van der Waals surface area contributed by atoms with Crippen molar-refractivity contribution in [2.45, 2.75) is 4.90 Å². The number of halogens is 3. The first-order valence-corrected chi connectivity index (χ1v) is 9.52. The topological polar surface area (TPSA) is 42.0 Å². The van der Waals surface area contributed by atoms with Gasteiger partial charge in [-0.2, -0.15) is 0 Å². The summed E-state index contributed by atoms with van der Waals surface area (Å²) in [7, 11) is 0. The lowest BCUT2D eigenvalue weighted by molar-refractivity contribution is 0.102. The normalized spacial score (nSPS) is 10.7. The molecule has 3 aromatic rings. The zero-order chi connectivity index (χ0) is 18.0. The van der Waals surface area contributed by atoms with Crippen LogP contribution in [0.5, 0.6) is 0 Å². The lowest BCUT2D eigenvalue weighted by Gasteiger charge is -2.05. The van der Waals surface area contributed by atoms with Gasteiger partial charge in [0.15, 0.2) is 16.8 Å². The van der Waals surface area contributed by atoms with Gasteiger partial charge in [0.05, 0.1) is 16.3 Å². The van der Waals surface area contributed by atoms with E-state index in [1.54, 1.807) is 17.1 Å². The molecule has 2 aromatic carbocycles. The van der Waals surface area contributed by atoms with E-state index in [0.29, 0.717) is 10.8 Å². The Morgan fingerprint density at radius 2 is 1.88 bits per heavy atom. The molecule has 0 fully saturated rings. The van der Waals surface area contributed by atoms with Crippen LogP contribution in [0, 0.1) is 11.6 Å². The van der Waals surface area contributed by atoms with Gasteiger partial charge in [0.25, 0.3) is 5.91 Å². The SMILES string of the molecule is CSc1ccc(-c2csc(NC(=O)c3cc(F)c(F)cc3Cl)n2)cc1. The number of nitrogens with zero attached hydrogens (tertiary/aromatic N) is 1. The molecule has 0 saturated heterocycles. The zero-order valence-corrected chi connectivity index (χ0v) is 15.2. The van der Waals surface area contributed by atoms with Gasteiger partial charge in [-0.1, -0.05) is 23.7 Å². The molecule has 8 heteroatoms. The number of rotatable bonds is 4. The number of thioether (sulfide) groups is 1. The highest BCUT2D eigenvalue weighted by Gasteiger charge is 2.16. The standard InChI is InChI=1S/C17H11ClF2N2OS2/c1-24-10-4-2-9(3-5-10)15-8-25-17(21-15)22-16(23)11-6-13(19)14(20)7-12(11)18/h2-8H,1H3,(H,21,22,23). The highest BCUT2D eigenvalue weighted by Crippen LogP contribution is 2.28. The van der Waals surface area contributed by atoms with Gasteiger partial charge in [0, 0.05) is 15.8 Å². The number of carbonyl (C=O) groups excluding carboxylic acids is 1. The van der Waals surface area contributed by atoms with Crippen molar-refractivity contribution in [1.29, 1.82) is 0 Å². The van der Waals surface area contributed by atoms with Crippen LogP contribution in [0.4, 0.5) is 13.9 Å². The Balaban J connectivity index is 1.79. The van der Waals surface area contributed by atoms with E-state index in [9.17, 15) is 13.6 Å². The van der Waals surface area contributed by atoms with Gasteiger partial charge < -0.3 is 0 Å². The minimum Gasteiger partial charge on any atom is -0.298 e. The Hall–Kier alpha value is -1.96. The van der Waals surface area contributed by atoms with Gasteiger partial charge in [-0.25, -0.2) is 13.8 Å². The Kier molecular flexibility index (Phi) is 5.36. The van der Waals surface area contributed by atoms with E-state index in [1.807, 2.05) is 30.5 Å². The maximum absolute atomic E-state index is 13.3. The zero-order valence-electron chi connectivity index (χ0n) is 12.8. The molecule has 0 unspecified atom stereocenters. The van der Waals surface area contributed by atoms with E-state index in [4.69, 9.17) is 11.6 Å². The molecule has 0 aliphatic rings. The van der Waals surface area contributed by atoms with Crippen LogP contribution < -0.4 is 5.32 Å². The highest BCUT2D eigenvalue weighted by atomic mass is 35.5. The molecular weight excluding hydrogens is 386 g/mol. The van der Waals surface area contributed by atoms with Gasteiger partial charge in [-0.15, -0.1) is 23.1 Å². The number of hydrogen-bond donors (Lipinski definition) is 1. The second-order valence-corrected chi connectivity index (χ2v) is 7.11. The summed E-state index contributed by atoms with van der Waals surface area (Å²) in [4.78, 5) is 17.7. The highest BCUT2D eigenvalue weighted by molar-refractivity contribution is 7.98. The fraction of sp³-hybridized carbons (Fsp3) is 0.0588. The van der Waals surface area contributed by atoms with Crippen molar-refractivity contribution in [2.75, 3.05) is 11.6 Å². The molecule has 25 heavy (non-hydrogen) atoms. The first kappa shape index (κ1) is 17.8. The van der Waals surface area contributed by atoms with Crippen LogP contribution in [0.2, 0.25) is 5.02 Å². The summed E-state index contributed by atoms with van der Waals surface area (Å²) < 4.78 is 26.4. The number of nitrogens with one attached hydrogen (secondary N) is 1. The fourth-order valence-corrected chi connectivity index (χ4v) is 3.45. The van der Waals surface area contributed by atoms with Gasteiger partial charge in [0.2, 0.25) is 0 Å².